The normalized spacial score (nSPS) is 12.2. The summed E-state index contributed by atoms with van der Waals surface area (Å²) in [6.07, 6.45) is 0.158. The lowest BCUT2D eigenvalue weighted by Crippen LogP contribution is -2.15. The number of nitrogens with zero attached hydrogens (tertiary/aromatic N) is 4. The van der Waals surface area contributed by atoms with Crippen molar-refractivity contribution in [2.75, 3.05) is 5.32 Å². The molecule has 2 heterocycles. The average Bonchev–Trinajstić information content (AvgIpc) is 2.91. The van der Waals surface area contributed by atoms with Crippen LogP contribution in [-0.2, 0) is 19.8 Å². The van der Waals surface area contributed by atoms with Gasteiger partial charge in [0.25, 0.3) is 0 Å². The van der Waals surface area contributed by atoms with Gasteiger partial charge in [0, 0.05) is 31.4 Å². The van der Waals surface area contributed by atoms with E-state index in [0.29, 0.717) is 5.69 Å². The van der Waals surface area contributed by atoms with Crippen LogP contribution < -0.4 is 5.32 Å². The van der Waals surface area contributed by atoms with E-state index < -0.39 is 11.9 Å². The lowest BCUT2D eigenvalue weighted by atomic mass is 10.2. The van der Waals surface area contributed by atoms with Crippen LogP contribution in [0.2, 0.25) is 0 Å². The molecule has 1 N–H and O–H groups in total. The smallest absolute Gasteiger partial charge is 0.378 e. The molecule has 0 saturated carbocycles. The van der Waals surface area contributed by atoms with Gasteiger partial charge in [-0.05, 0) is 13.8 Å². The molecule has 20 heavy (non-hydrogen) atoms. The first-order chi connectivity index (χ1) is 9.29. The number of alkyl halides is 3. The maximum absolute atomic E-state index is 12.9. The SMILES string of the molecule is CC(C)n1cc(NCc2cnn(C)c2C(F)(F)F)cn1. The van der Waals surface area contributed by atoms with Gasteiger partial charge >= 0.3 is 6.18 Å². The summed E-state index contributed by atoms with van der Waals surface area (Å²) in [5, 5.41) is 10.7. The van der Waals surface area contributed by atoms with Crippen molar-refractivity contribution in [1.29, 1.82) is 0 Å². The molecule has 5 nitrogen and oxygen atoms in total. The Hall–Kier alpha value is -1.99. The number of anilines is 1. The Bertz CT molecular complexity index is 582. The van der Waals surface area contributed by atoms with E-state index in [2.05, 4.69) is 15.5 Å². The third kappa shape index (κ3) is 2.94. The number of aryl methyl sites for hydroxylation is 1. The highest BCUT2D eigenvalue weighted by atomic mass is 19.4. The van der Waals surface area contributed by atoms with E-state index >= 15 is 0 Å². The quantitative estimate of drug-likeness (QED) is 0.940. The van der Waals surface area contributed by atoms with Crippen molar-refractivity contribution in [3.63, 3.8) is 0 Å². The first kappa shape index (κ1) is 14.4. The third-order valence-electron chi connectivity index (χ3n) is 2.90. The van der Waals surface area contributed by atoms with Gasteiger partial charge < -0.3 is 5.32 Å². The van der Waals surface area contributed by atoms with Gasteiger partial charge in [-0.1, -0.05) is 0 Å². The first-order valence-corrected chi connectivity index (χ1v) is 6.15. The van der Waals surface area contributed by atoms with Crippen LogP contribution in [0.4, 0.5) is 18.9 Å². The van der Waals surface area contributed by atoms with Crippen LogP contribution in [-0.4, -0.2) is 19.6 Å². The van der Waals surface area contributed by atoms with Crippen LogP contribution in [0.15, 0.2) is 18.6 Å². The van der Waals surface area contributed by atoms with Crippen molar-refractivity contribution in [2.24, 2.45) is 7.05 Å². The van der Waals surface area contributed by atoms with E-state index in [1.165, 1.54) is 13.2 Å². The maximum Gasteiger partial charge on any atom is 0.433 e. The van der Waals surface area contributed by atoms with Gasteiger partial charge in [0.2, 0.25) is 0 Å². The van der Waals surface area contributed by atoms with E-state index in [1.54, 1.807) is 17.1 Å². The molecule has 110 valence electrons. The summed E-state index contributed by atoms with van der Waals surface area (Å²) in [5.41, 5.74) is 0.0502. The molecule has 2 aromatic rings. The van der Waals surface area contributed by atoms with Crippen LogP contribution in [0.5, 0.6) is 0 Å². The van der Waals surface area contributed by atoms with Gasteiger partial charge in [0.1, 0.15) is 5.69 Å². The first-order valence-electron chi connectivity index (χ1n) is 6.15. The zero-order valence-corrected chi connectivity index (χ0v) is 11.4. The van der Waals surface area contributed by atoms with Crippen LogP contribution in [0, 0.1) is 0 Å². The Morgan fingerprint density at radius 2 is 1.95 bits per heavy atom. The molecule has 0 radical (unpaired) electrons. The van der Waals surface area contributed by atoms with Crippen LogP contribution in [0.3, 0.4) is 0 Å². The van der Waals surface area contributed by atoms with Crippen molar-refractivity contribution >= 4 is 5.69 Å². The van der Waals surface area contributed by atoms with Crippen molar-refractivity contribution in [3.05, 3.63) is 29.8 Å². The minimum absolute atomic E-state index is 0.0481. The summed E-state index contributed by atoms with van der Waals surface area (Å²) in [6, 6.07) is 0.203. The molecule has 0 aliphatic rings. The molecule has 0 unspecified atom stereocenters. The minimum Gasteiger partial charge on any atom is -0.378 e. The molecular weight excluding hydrogens is 271 g/mol. The Labute approximate surface area is 114 Å². The molecule has 0 aliphatic heterocycles. The Morgan fingerprint density at radius 1 is 1.25 bits per heavy atom. The van der Waals surface area contributed by atoms with Gasteiger partial charge in [0.15, 0.2) is 0 Å². The van der Waals surface area contributed by atoms with Crippen molar-refractivity contribution in [1.82, 2.24) is 19.6 Å². The second-order valence-corrected chi connectivity index (χ2v) is 4.80. The van der Waals surface area contributed by atoms with E-state index in [1.807, 2.05) is 13.8 Å². The molecule has 0 fully saturated rings. The standard InChI is InChI=1S/C12H16F3N5/c1-8(2)20-7-10(6-18-20)16-4-9-5-17-19(3)11(9)12(13,14)15/h5-8,16H,4H2,1-3H3. The molecular formula is C12H16F3N5. The predicted molar refractivity (Wildman–Crippen MR) is 68.1 cm³/mol. The number of hydrogen-bond donors (Lipinski definition) is 1. The number of aromatic nitrogens is 4. The summed E-state index contributed by atoms with van der Waals surface area (Å²) in [7, 11) is 1.28. The van der Waals surface area contributed by atoms with E-state index in [0.717, 1.165) is 4.68 Å². The van der Waals surface area contributed by atoms with Gasteiger partial charge in [-0.15, -0.1) is 0 Å². The van der Waals surface area contributed by atoms with E-state index in [9.17, 15) is 13.2 Å². The van der Waals surface area contributed by atoms with Crippen molar-refractivity contribution in [3.8, 4) is 0 Å². The average molecular weight is 287 g/mol. The van der Waals surface area contributed by atoms with Crippen LogP contribution in [0.1, 0.15) is 31.1 Å². The van der Waals surface area contributed by atoms with E-state index in [4.69, 9.17) is 0 Å². The molecule has 0 atom stereocenters. The lowest BCUT2D eigenvalue weighted by Gasteiger charge is -2.10. The fourth-order valence-electron chi connectivity index (χ4n) is 1.89. The topological polar surface area (TPSA) is 47.7 Å². The fraction of sp³-hybridized carbons (Fsp3) is 0.500. The van der Waals surface area contributed by atoms with Gasteiger partial charge in [-0.2, -0.15) is 23.4 Å². The molecule has 2 rings (SSSR count). The highest BCUT2D eigenvalue weighted by Crippen LogP contribution is 2.31. The summed E-state index contributed by atoms with van der Waals surface area (Å²) in [6.45, 7) is 3.99. The molecule has 0 aliphatic carbocycles. The number of nitrogens with one attached hydrogen (secondary N) is 1. The number of halogens is 3. The van der Waals surface area contributed by atoms with Gasteiger partial charge in [0.05, 0.1) is 18.1 Å². The molecule has 0 spiro atoms. The third-order valence-corrected chi connectivity index (χ3v) is 2.90. The van der Waals surface area contributed by atoms with Crippen LogP contribution >= 0.6 is 0 Å². The van der Waals surface area contributed by atoms with Crippen LogP contribution in [0.25, 0.3) is 0 Å². The largest absolute Gasteiger partial charge is 0.433 e. The molecule has 8 heteroatoms. The molecule has 2 aromatic heterocycles. The highest BCUT2D eigenvalue weighted by molar-refractivity contribution is 5.39. The van der Waals surface area contributed by atoms with Crippen molar-refractivity contribution in [2.45, 2.75) is 32.6 Å². The second kappa shape index (κ2) is 5.18. The summed E-state index contributed by atoms with van der Waals surface area (Å²) >= 11 is 0. The number of hydrogen-bond acceptors (Lipinski definition) is 3. The van der Waals surface area contributed by atoms with Crippen molar-refractivity contribution < 1.29 is 13.2 Å². The van der Waals surface area contributed by atoms with Gasteiger partial charge in [-0.25, -0.2) is 0 Å². The maximum atomic E-state index is 12.9. The minimum atomic E-state index is -4.41. The van der Waals surface area contributed by atoms with E-state index in [-0.39, 0.29) is 18.2 Å². The summed E-state index contributed by atoms with van der Waals surface area (Å²) in [5.74, 6) is 0. The predicted octanol–water partition coefficient (Wildman–Crippen LogP) is 2.83. The summed E-state index contributed by atoms with van der Waals surface area (Å²) in [4.78, 5) is 0. The Balaban J connectivity index is 2.11. The second-order valence-electron chi connectivity index (χ2n) is 4.80. The molecule has 0 saturated heterocycles. The summed E-state index contributed by atoms with van der Waals surface area (Å²) < 4.78 is 41.2. The molecule has 0 bridgehead atoms. The molecule has 0 aromatic carbocycles. The zero-order valence-electron chi connectivity index (χ0n) is 11.4. The highest BCUT2D eigenvalue weighted by Gasteiger charge is 2.37. The Morgan fingerprint density at radius 3 is 2.50 bits per heavy atom. The fourth-order valence-corrected chi connectivity index (χ4v) is 1.89. The lowest BCUT2D eigenvalue weighted by molar-refractivity contribution is -0.144. The molecule has 0 amide bonds. The zero-order chi connectivity index (χ0) is 14.9. The number of rotatable bonds is 4. The monoisotopic (exact) mass is 287 g/mol. The Kier molecular flexibility index (Phi) is 3.74. The van der Waals surface area contributed by atoms with Gasteiger partial charge in [-0.3, -0.25) is 9.36 Å².